The normalized spacial score (nSPS) is 19.9. The van der Waals surface area contributed by atoms with Crippen molar-refractivity contribution in [2.24, 2.45) is 5.41 Å². The lowest BCUT2D eigenvalue weighted by atomic mass is 9.75. The Morgan fingerprint density at radius 1 is 1.50 bits per heavy atom. The molecule has 1 saturated heterocycles. The van der Waals surface area contributed by atoms with E-state index in [9.17, 15) is 9.90 Å². The lowest BCUT2D eigenvalue weighted by Gasteiger charge is -2.33. The van der Waals surface area contributed by atoms with Gasteiger partial charge in [-0.1, -0.05) is 0 Å². The Labute approximate surface area is 84.9 Å². The quantitative estimate of drug-likeness (QED) is 0.524. The highest BCUT2D eigenvalue weighted by atomic mass is 16.4. The Kier molecular flexibility index (Phi) is 3.97. The van der Waals surface area contributed by atoms with Gasteiger partial charge in [-0.25, -0.2) is 0 Å². The molecule has 0 aromatic rings. The van der Waals surface area contributed by atoms with Crippen LogP contribution in [0, 0.1) is 17.8 Å². The molecule has 0 aliphatic carbocycles. The molecule has 1 rings (SSSR count). The predicted molar refractivity (Wildman–Crippen MR) is 54.9 cm³/mol. The second-order valence-electron chi connectivity index (χ2n) is 3.89. The fourth-order valence-corrected chi connectivity index (χ4v) is 2.00. The number of nitrogens with one attached hydrogen (secondary N) is 1. The van der Waals surface area contributed by atoms with Crippen LogP contribution in [0.25, 0.3) is 0 Å². The molecule has 78 valence electrons. The van der Waals surface area contributed by atoms with Gasteiger partial charge in [0.25, 0.3) is 0 Å². The molecule has 0 aromatic heterocycles. The molecule has 3 heteroatoms. The van der Waals surface area contributed by atoms with Gasteiger partial charge in [0.2, 0.25) is 0 Å². The van der Waals surface area contributed by atoms with Crippen LogP contribution in [0.3, 0.4) is 0 Å². The minimum Gasteiger partial charge on any atom is -0.481 e. The van der Waals surface area contributed by atoms with E-state index >= 15 is 0 Å². The highest BCUT2D eigenvalue weighted by Gasteiger charge is 2.38. The average molecular weight is 195 g/mol. The lowest BCUT2D eigenvalue weighted by Crippen LogP contribution is -2.42. The van der Waals surface area contributed by atoms with Crippen LogP contribution < -0.4 is 5.32 Å². The van der Waals surface area contributed by atoms with E-state index in [1.807, 2.05) is 0 Å². The summed E-state index contributed by atoms with van der Waals surface area (Å²) in [5.74, 6) is 1.90. The molecular weight excluding hydrogens is 178 g/mol. The Bertz CT molecular complexity index is 236. The molecule has 1 heterocycles. The van der Waals surface area contributed by atoms with Crippen molar-refractivity contribution in [2.45, 2.75) is 32.1 Å². The SMILES string of the molecule is C#CCCCC1(C(=O)O)CCNCC1. The van der Waals surface area contributed by atoms with Crippen LogP contribution in [0.15, 0.2) is 0 Å². The van der Waals surface area contributed by atoms with Gasteiger partial charge in [-0.05, 0) is 38.8 Å². The van der Waals surface area contributed by atoms with E-state index in [1.165, 1.54) is 0 Å². The van der Waals surface area contributed by atoms with E-state index in [0.717, 1.165) is 32.4 Å². The van der Waals surface area contributed by atoms with Gasteiger partial charge in [-0.3, -0.25) is 4.79 Å². The largest absolute Gasteiger partial charge is 0.481 e. The predicted octanol–water partition coefficient (Wildman–Crippen LogP) is 1.24. The fraction of sp³-hybridized carbons (Fsp3) is 0.727. The van der Waals surface area contributed by atoms with E-state index in [0.29, 0.717) is 12.8 Å². The van der Waals surface area contributed by atoms with Crippen molar-refractivity contribution in [3.05, 3.63) is 0 Å². The van der Waals surface area contributed by atoms with Crippen LogP contribution in [0.1, 0.15) is 32.1 Å². The van der Waals surface area contributed by atoms with Crippen molar-refractivity contribution in [1.82, 2.24) is 5.32 Å². The van der Waals surface area contributed by atoms with Gasteiger partial charge in [0, 0.05) is 6.42 Å². The highest BCUT2D eigenvalue weighted by Crippen LogP contribution is 2.34. The van der Waals surface area contributed by atoms with Crippen LogP contribution in [-0.2, 0) is 4.79 Å². The summed E-state index contributed by atoms with van der Waals surface area (Å²) in [5.41, 5.74) is -0.512. The van der Waals surface area contributed by atoms with E-state index in [4.69, 9.17) is 6.42 Å². The Balaban J connectivity index is 2.53. The third kappa shape index (κ3) is 2.49. The van der Waals surface area contributed by atoms with Crippen molar-refractivity contribution < 1.29 is 9.90 Å². The molecule has 0 atom stereocenters. The first-order valence-electron chi connectivity index (χ1n) is 5.09. The second kappa shape index (κ2) is 5.02. The minimum atomic E-state index is -0.656. The summed E-state index contributed by atoms with van der Waals surface area (Å²) in [6, 6.07) is 0. The Hall–Kier alpha value is -1.01. The van der Waals surface area contributed by atoms with Gasteiger partial charge in [-0.15, -0.1) is 12.3 Å². The first-order chi connectivity index (χ1) is 6.71. The number of carbonyl (C=O) groups is 1. The third-order valence-corrected chi connectivity index (χ3v) is 2.99. The first kappa shape index (κ1) is 11.1. The summed E-state index contributed by atoms with van der Waals surface area (Å²) in [6.07, 6.45) is 8.83. The number of unbranched alkanes of at least 4 members (excludes halogenated alkanes) is 1. The van der Waals surface area contributed by atoms with Crippen molar-refractivity contribution in [3.8, 4) is 12.3 Å². The van der Waals surface area contributed by atoms with Crippen LogP contribution in [0.4, 0.5) is 0 Å². The number of hydrogen-bond donors (Lipinski definition) is 2. The summed E-state index contributed by atoms with van der Waals surface area (Å²) in [5, 5.41) is 12.4. The Morgan fingerprint density at radius 2 is 2.14 bits per heavy atom. The van der Waals surface area contributed by atoms with E-state index < -0.39 is 11.4 Å². The lowest BCUT2D eigenvalue weighted by molar-refractivity contribution is -0.151. The maximum absolute atomic E-state index is 11.2. The summed E-state index contributed by atoms with van der Waals surface area (Å²) >= 11 is 0. The van der Waals surface area contributed by atoms with E-state index in [1.54, 1.807) is 0 Å². The molecule has 2 N–H and O–H groups in total. The summed E-state index contributed by atoms with van der Waals surface area (Å²) in [7, 11) is 0. The molecule has 1 fully saturated rings. The molecule has 0 unspecified atom stereocenters. The second-order valence-corrected chi connectivity index (χ2v) is 3.89. The standard InChI is InChI=1S/C11H17NO2/c1-2-3-4-5-11(10(13)14)6-8-12-9-7-11/h1,12H,3-9H2,(H,13,14). The number of hydrogen-bond acceptors (Lipinski definition) is 2. The molecular formula is C11H17NO2. The molecule has 0 saturated carbocycles. The molecule has 3 nitrogen and oxygen atoms in total. The molecule has 1 aliphatic heterocycles. The molecule has 0 radical (unpaired) electrons. The van der Waals surface area contributed by atoms with Crippen molar-refractivity contribution in [2.75, 3.05) is 13.1 Å². The molecule has 0 bridgehead atoms. The van der Waals surface area contributed by atoms with Crippen LogP contribution in [-0.4, -0.2) is 24.2 Å². The van der Waals surface area contributed by atoms with Gasteiger partial charge < -0.3 is 10.4 Å². The van der Waals surface area contributed by atoms with Crippen LogP contribution >= 0.6 is 0 Å². The highest BCUT2D eigenvalue weighted by molar-refractivity contribution is 5.74. The minimum absolute atomic E-state index is 0.512. The number of piperidine rings is 1. The number of carboxylic acids is 1. The maximum Gasteiger partial charge on any atom is 0.309 e. The molecule has 0 aromatic carbocycles. The third-order valence-electron chi connectivity index (χ3n) is 2.99. The van der Waals surface area contributed by atoms with Gasteiger partial charge in [-0.2, -0.15) is 0 Å². The number of aliphatic carboxylic acids is 1. The smallest absolute Gasteiger partial charge is 0.309 e. The fourth-order valence-electron chi connectivity index (χ4n) is 2.00. The van der Waals surface area contributed by atoms with Crippen LogP contribution in [0.2, 0.25) is 0 Å². The number of rotatable bonds is 4. The zero-order chi connectivity index (χ0) is 10.4. The van der Waals surface area contributed by atoms with Crippen molar-refractivity contribution >= 4 is 5.97 Å². The maximum atomic E-state index is 11.2. The zero-order valence-electron chi connectivity index (χ0n) is 8.38. The summed E-state index contributed by atoms with van der Waals surface area (Å²) in [6.45, 7) is 1.62. The summed E-state index contributed by atoms with van der Waals surface area (Å²) < 4.78 is 0. The first-order valence-corrected chi connectivity index (χ1v) is 5.09. The molecule has 14 heavy (non-hydrogen) atoms. The van der Waals surface area contributed by atoms with E-state index in [-0.39, 0.29) is 0 Å². The van der Waals surface area contributed by atoms with Gasteiger partial charge in [0.1, 0.15) is 0 Å². The van der Waals surface area contributed by atoms with Crippen molar-refractivity contribution in [1.29, 1.82) is 0 Å². The number of carboxylic acid groups (broad SMARTS) is 1. The van der Waals surface area contributed by atoms with Crippen LogP contribution in [0.5, 0.6) is 0 Å². The number of terminal acetylenes is 1. The van der Waals surface area contributed by atoms with E-state index in [2.05, 4.69) is 11.2 Å². The zero-order valence-corrected chi connectivity index (χ0v) is 8.38. The van der Waals surface area contributed by atoms with Gasteiger partial charge in [0.05, 0.1) is 5.41 Å². The Morgan fingerprint density at radius 3 is 2.64 bits per heavy atom. The summed E-state index contributed by atoms with van der Waals surface area (Å²) in [4.78, 5) is 11.2. The van der Waals surface area contributed by atoms with Gasteiger partial charge >= 0.3 is 5.97 Å². The topological polar surface area (TPSA) is 49.3 Å². The average Bonchev–Trinajstić information content (AvgIpc) is 2.19. The van der Waals surface area contributed by atoms with Crippen molar-refractivity contribution in [3.63, 3.8) is 0 Å². The monoisotopic (exact) mass is 195 g/mol. The molecule has 0 amide bonds. The van der Waals surface area contributed by atoms with Gasteiger partial charge in [0.15, 0.2) is 0 Å². The molecule has 0 spiro atoms. The molecule has 1 aliphatic rings.